The average Bonchev–Trinajstić information content (AvgIpc) is 2.30. The second-order valence-corrected chi connectivity index (χ2v) is 4.74. The number of aromatic nitrogens is 2. The van der Waals surface area contributed by atoms with Crippen LogP contribution in [0.5, 0.6) is 0 Å². The van der Waals surface area contributed by atoms with Gasteiger partial charge in [0.2, 0.25) is 5.28 Å². The molecule has 2 rings (SSSR count). The van der Waals surface area contributed by atoms with E-state index in [4.69, 9.17) is 11.6 Å². The van der Waals surface area contributed by atoms with Gasteiger partial charge >= 0.3 is 0 Å². The molecular weight excluding hydrogens is 245 g/mol. The lowest BCUT2D eigenvalue weighted by Crippen LogP contribution is -2.25. The predicted molar refractivity (Wildman–Crippen MR) is 63.5 cm³/mol. The molecule has 0 spiro atoms. The van der Waals surface area contributed by atoms with E-state index in [2.05, 4.69) is 15.3 Å². The lowest BCUT2D eigenvalue weighted by atomic mass is 9.87. The summed E-state index contributed by atoms with van der Waals surface area (Å²) in [7, 11) is 0. The molecule has 17 heavy (non-hydrogen) atoms. The summed E-state index contributed by atoms with van der Waals surface area (Å²) in [5.74, 6) is -0.0253. The van der Waals surface area contributed by atoms with Gasteiger partial charge < -0.3 is 10.4 Å². The van der Waals surface area contributed by atoms with Crippen molar-refractivity contribution in [3.8, 4) is 0 Å². The van der Waals surface area contributed by atoms with Crippen LogP contribution >= 0.6 is 11.6 Å². The number of nitrogens with one attached hydrogen (secondary N) is 1. The summed E-state index contributed by atoms with van der Waals surface area (Å²) in [5.41, 5.74) is 0. The second kappa shape index (κ2) is 5.60. The van der Waals surface area contributed by atoms with E-state index in [1.165, 1.54) is 0 Å². The number of hydrogen-bond donors (Lipinski definition) is 2. The Labute approximate surface area is 104 Å². The number of anilines is 1. The van der Waals surface area contributed by atoms with Gasteiger partial charge in [-0.2, -0.15) is 4.98 Å². The molecule has 0 bridgehead atoms. The lowest BCUT2D eigenvalue weighted by Gasteiger charge is -2.26. The molecule has 0 saturated heterocycles. The molecule has 2 unspecified atom stereocenters. The molecular formula is C11H15ClFN3O. The number of nitrogens with zero attached hydrogens (tertiary/aromatic N) is 2. The summed E-state index contributed by atoms with van der Waals surface area (Å²) < 4.78 is 13.3. The molecule has 6 heteroatoms. The van der Waals surface area contributed by atoms with E-state index in [0.717, 1.165) is 31.9 Å². The Kier molecular flexibility index (Phi) is 4.12. The van der Waals surface area contributed by atoms with Gasteiger partial charge in [0.15, 0.2) is 11.6 Å². The van der Waals surface area contributed by atoms with Crippen LogP contribution in [0.3, 0.4) is 0 Å². The zero-order valence-electron chi connectivity index (χ0n) is 9.37. The van der Waals surface area contributed by atoms with E-state index in [-0.39, 0.29) is 17.2 Å². The van der Waals surface area contributed by atoms with E-state index < -0.39 is 5.82 Å². The summed E-state index contributed by atoms with van der Waals surface area (Å²) in [6.45, 7) is 0.599. The number of aliphatic hydroxyl groups excluding tert-OH is 1. The molecule has 1 heterocycles. The normalized spacial score (nSPS) is 24.6. The molecule has 1 aliphatic rings. The SMILES string of the molecule is OC1CCCC(CNc2nc(Cl)ncc2F)C1. The molecule has 0 aromatic carbocycles. The Morgan fingerprint density at radius 1 is 1.53 bits per heavy atom. The molecule has 4 nitrogen and oxygen atoms in total. The predicted octanol–water partition coefficient (Wildman–Crippen LogP) is 2.23. The first-order valence-corrected chi connectivity index (χ1v) is 6.13. The van der Waals surface area contributed by atoms with Gasteiger partial charge in [0.1, 0.15) is 0 Å². The molecule has 1 fully saturated rings. The fraction of sp³-hybridized carbons (Fsp3) is 0.636. The largest absolute Gasteiger partial charge is 0.393 e. The maximum absolute atomic E-state index is 13.3. The van der Waals surface area contributed by atoms with Gasteiger partial charge in [-0.15, -0.1) is 0 Å². The first-order valence-electron chi connectivity index (χ1n) is 5.75. The Morgan fingerprint density at radius 2 is 2.35 bits per heavy atom. The van der Waals surface area contributed by atoms with E-state index >= 15 is 0 Å². The zero-order valence-corrected chi connectivity index (χ0v) is 10.1. The van der Waals surface area contributed by atoms with Crippen molar-refractivity contribution in [2.75, 3.05) is 11.9 Å². The standard InChI is InChI=1S/C11H15ClFN3O/c12-11-15-6-9(13)10(16-11)14-5-7-2-1-3-8(17)4-7/h6-8,17H,1-5H2,(H,14,15,16). The third-order valence-corrected chi connectivity index (χ3v) is 3.21. The van der Waals surface area contributed by atoms with Crippen LogP contribution in [0.2, 0.25) is 5.28 Å². The Bertz CT molecular complexity index is 391. The van der Waals surface area contributed by atoms with Crippen LogP contribution in [0.25, 0.3) is 0 Å². The summed E-state index contributed by atoms with van der Waals surface area (Å²) in [6, 6.07) is 0. The maximum Gasteiger partial charge on any atom is 0.224 e. The van der Waals surface area contributed by atoms with Crippen LogP contribution in [-0.2, 0) is 0 Å². The van der Waals surface area contributed by atoms with Crippen LogP contribution in [0.15, 0.2) is 6.20 Å². The van der Waals surface area contributed by atoms with Crippen LogP contribution < -0.4 is 5.32 Å². The minimum atomic E-state index is -0.509. The highest BCUT2D eigenvalue weighted by molar-refractivity contribution is 6.28. The van der Waals surface area contributed by atoms with Gasteiger partial charge in [-0.1, -0.05) is 6.42 Å². The van der Waals surface area contributed by atoms with Gasteiger partial charge in [-0.3, -0.25) is 0 Å². The number of rotatable bonds is 3. The minimum absolute atomic E-state index is 0.0255. The Hall–Kier alpha value is -0.940. The molecule has 1 aromatic heterocycles. The van der Waals surface area contributed by atoms with Crippen molar-refractivity contribution >= 4 is 17.4 Å². The highest BCUT2D eigenvalue weighted by Gasteiger charge is 2.20. The molecule has 1 aromatic rings. The zero-order chi connectivity index (χ0) is 12.3. The van der Waals surface area contributed by atoms with Crippen molar-refractivity contribution in [1.29, 1.82) is 0 Å². The van der Waals surface area contributed by atoms with Gasteiger partial charge in [0.05, 0.1) is 12.3 Å². The van der Waals surface area contributed by atoms with E-state index in [1.54, 1.807) is 0 Å². The van der Waals surface area contributed by atoms with Gasteiger partial charge in [-0.05, 0) is 36.8 Å². The smallest absolute Gasteiger partial charge is 0.224 e. The monoisotopic (exact) mass is 259 g/mol. The Balaban J connectivity index is 1.90. The van der Waals surface area contributed by atoms with Crippen molar-refractivity contribution in [1.82, 2.24) is 9.97 Å². The van der Waals surface area contributed by atoms with Crippen LogP contribution in [-0.4, -0.2) is 27.7 Å². The Morgan fingerprint density at radius 3 is 3.12 bits per heavy atom. The first-order chi connectivity index (χ1) is 8.15. The quantitative estimate of drug-likeness (QED) is 0.818. The maximum atomic E-state index is 13.3. The van der Waals surface area contributed by atoms with E-state index in [0.29, 0.717) is 12.5 Å². The van der Waals surface area contributed by atoms with Crippen molar-refractivity contribution in [3.63, 3.8) is 0 Å². The fourth-order valence-electron chi connectivity index (χ4n) is 2.16. The summed E-state index contributed by atoms with van der Waals surface area (Å²) in [6.07, 6.45) is 4.50. The van der Waals surface area contributed by atoms with Crippen LogP contribution in [0.4, 0.5) is 10.2 Å². The van der Waals surface area contributed by atoms with E-state index in [1.807, 2.05) is 0 Å². The van der Waals surface area contributed by atoms with Gasteiger partial charge in [-0.25, -0.2) is 9.37 Å². The molecule has 94 valence electrons. The highest BCUT2D eigenvalue weighted by Crippen LogP contribution is 2.24. The molecule has 2 atom stereocenters. The van der Waals surface area contributed by atoms with Crippen molar-refractivity contribution in [3.05, 3.63) is 17.3 Å². The third-order valence-electron chi connectivity index (χ3n) is 3.03. The topological polar surface area (TPSA) is 58.0 Å². The number of aliphatic hydroxyl groups is 1. The molecule has 0 amide bonds. The number of halogens is 2. The average molecular weight is 260 g/mol. The molecule has 1 aliphatic carbocycles. The van der Waals surface area contributed by atoms with Crippen molar-refractivity contribution in [2.24, 2.45) is 5.92 Å². The molecule has 0 aliphatic heterocycles. The lowest BCUT2D eigenvalue weighted by molar-refractivity contribution is 0.104. The third kappa shape index (κ3) is 3.51. The van der Waals surface area contributed by atoms with Crippen molar-refractivity contribution in [2.45, 2.75) is 31.8 Å². The van der Waals surface area contributed by atoms with Gasteiger partial charge in [0.25, 0.3) is 0 Å². The van der Waals surface area contributed by atoms with E-state index in [9.17, 15) is 9.50 Å². The number of hydrogen-bond acceptors (Lipinski definition) is 4. The first kappa shape index (κ1) is 12.5. The summed E-state index contributed by atoms with van der Waals surface area (Å²) in [4.78, 5) is 7.33. The van der Waals surface area contributed by atoms with Crippen LogP contribution in [0.1, 0.15) is 25.7 Å². The summed E-state index contributed by atoms with van der Waals surface area (Å²) in [5, 5.41) is 12.5. The molecule has 0 radical (unpaired) electrons. The molecule has 2 N–H and O–H groups in total. The highest BCUT2D eigenvalue weighted by atomic mass is 35.5. The fourth-order valence-corrected chi connectivity index (χ4v) is 2.29. The van der Waals surface area contributed by atoms with Gasteiger partial charge in [0, 0.05) is 6.54 Å². The summed E-state index contributed by atoms with van der Waals surface area (Å²) >= 11 is 5.59. The van der Waals surface area contributed by atoms with Crippen LogP contribution in [0, 0.1) is 11.7 Å². The second-order valence-electron chi connectivity index (χ2n) is 4.40. The van der Waals surface area contributed by atoms with Crippen molar-refractivity contribution < 1.29 is 9.50 Å². The minimum Gasteiger partial charge on any atom is -0.393 e. The molecule has 1 saturated carbocycles.